The summed E-state index contributed by atoms with van der Waals surface area (Å²) >= 11 is 1.96. The van der Waals surface area contributed by atoms with E-state index in [9.17, 15) is 4.79 Å². The van der Waals surface area contributed by atoms with Crippen molar-refractivity contribution in [2.75, 3.05) is 24.7 Å². The number of aryl methyl sites for hydroxylation is 1. The van der Waals surface area contributed by atoms with Crippen LogP contribution in [-0.2, 0) is 0 Å². The Bertz CT molecular complexity index is 428. The number of carbonyl (C=O) groups is 1. The van der Waals surface area contributed by atoms with Gasteiger partial charge in [-0.2, -0.15) is 11.8 Å². The van der Waals surface area contributed by atoms with Crippen LogP contribution in [0.3, 0.4) is 0 Å². The fraction of sp³-hybridized carbons (Fsp3) is 0.500. The third kappa shape index (κ3) is 3.19. The fourth-order valence-electron chi connectivity index (χ4n) is 2.17. The summed E-state index contributed by atoms with van der Waals surface area (Å²) in [5.41, 5.74) is 2.73. The smallest absolute Gasteiger partial charge is 0.253 e. The minimum absolute atomic E-state index is 0.0237. The third-order valence-corrected chi connectivity index (χ3v) is 4.60. The van der Waals surface area contributed by atoms with Crippen molar-refractivity contribution in [3.05, 3.63) is 29.3 Å². The van der Waals surface area contributed by atoms with E-state index >= 15 is 0 Å². The van der Waals surface area contributed by atoms with E-state index in [-0.39, 0.29) is 5.91 Å². The highest BCUT2D eigenvalue weighted by atomic mass is 32.2. The first-order valence-corrected chi connectivity index (χ1v) is 7.44. The van der Waals surface area contributed by atoms with Gasteiger partial charge in [-0.3, -0.25) is 4.79 Å². The van der Waals surface area contributed by atoms with Crippen molar-refractivity contribution in [1.82, 2.24) is 5.32 Å². The minimum Gasteiger partial charge on any atom is -0.387 e. The van der Waals surface area contributed by atoms with Crippen LogP contribution in [0.2, 0.25) is 0 Å². The Morgan fingerprint density at radius 1 is 1.50 bits per heavy atom. The molecule has 1 aromatic rings. The quantitative estimate of drug-likeness (QED) is 0.878. The first-order chi connectivity index (χ1) is 8.70. The van der Waals surface area contributed by atoms with Crippen molar-refractivity contribution in [1.29, 1.82) is 0 Å². The van der Waals surface area contributed by atoms with Gasteiger partial charge in [-0.1, -0.05) is 11.6 Å². The van der Waals surface area contributed by atoms with Gasteiger partial charge in [0.05, 0.1) is 5.56 Å². The van der Waals surface area contributed by atoms with Crippen molar-refractivity contribution < 1.29 is 4.79 Å². The highest BCUT2D eigenvalue weighted by Gasteiger charge is 2.17. The van der Waals surface area contributed by atoms with Crippen LogP contribution in [-0.4, -0.2) is 30.5 Å². The average Bonchev–Trinajstić information content (AvgIpc) is 2.89. The molecule has 1 amide bonds. The van der Waals surface area contributed by atoms with Crippen LogP contribution in [0.4, 0.5) is 5.69 Å². The van der Waals surface area contributed by atoms with Crippen molar-refractivity contribution >= 4 is 23.4 Å². The number of hydrogen-bond donors (Lipinski definition) is 2. The summed E-state index contributed by atoms with van der Waals surface area (Å²) in [7, 11) is 1.84. The van der Waals surface area contributed by atoms with Crippen LogP contribution < -0.4 is 10.6 Å². The molecule has 1 saturated heterocycles. The van der Waals surface area contributed by atoms with Crippen LogP contribution in [0.25, 0.3) is 0 Å². The van der Waals surface area contributed by atoms with Gasteiger partial charge in [0.2, 0.25) is 0 Å². The van der Waals surface area contributed by atoms with E-state index in [1.165, 1.54) is 18.6 Å². The lowest BCUT2D eigenvalue weighted by atomic mass is 10.1. The van der Waals surface area contributed by atoms with E-state index in [1.807, 2.05) is 43.9 Å². The molecule has 1 aliphatic rings. The number of hydrogen-bond acceptors (Lipinski definition) is 3. The summed E-state index contributed by atoms with van der Waals surface area (Å²) < 4.78 is 0. The molecule has 18 heavy (non-hydrogen) atoms. The largest absolute Gasteiger partial charge is 0.387 e. The number of thioether (sulfide) groups is 1. The predicted molar refractivity (Wildman–Crippen MR) is 78.5 cm³/mol. The molecule has 0 aliphatic carbocycles. The average molecular weight is 264 g/mol. The lowest BCUT2D eigenvalue weighted by Gasteiger charge is -2.13. The molecular formula is C14H20N2OS. The standard InChI is InChI=1S/C14H20N2OS/c1-10-5-6-13(15-2)12(8-10)14(17)16-9-11-4-3-7-18-11/h5-6,8,11,15H,3-4,7,9H2,1-2H3,(H,16,17). The van der Waals surface area contributed by atoms with Gasteiger partial charge in [0.1, 0.15) is 0 Å². The molecule has 2 rings (SSSR count). The number of amides is 1. The van der Waals surface area contributed by atoms with E-state index in [4.69, 9.17) is 0 Å². The normalized spacial score (nSPS) is 18.7. The van der Waals surface area contributed by atoms with E-state index in [2.05, 4.69) is 10.6 Å². The third-order valence-electron chi connectivity index (χ3n) is 3.20. The zero-order chi connectivity index (χ0) is 13.0. The molecule has 2 N–H and O–H groups in total. The number of nitrogens with one attached hydrogen (secondary N) is 2. The summed E-state index contributed by atoms with van der Waals surface area (Å²) in [5, 5.41) is 6.70. The summed E-state index contributed by atoms with van der Waals surface area (Å²) in [6, 6.07) is 5.90. The lowest BCUT2D eigenvalue weighted by molar-refractivity contribution is 0.0954. The SMILES string of the molecule is CNc1ccc(C)cc1C(=O)NCC1CCCS1. The van der Waals surface area contributed by atoms with Gasteiger partial charge < -0.3 is 10.6 Å². The zero-order valence-corrected chi connectivity index (χ0v) is 11.8. The second kappa shape index (κ2) is 6.14. The van der Waals surface area contributed by atoms with Gasteiger partial charge >= 0.3 is 0 Å². The van der Waals surface area contributed by atoms with Gasteiger partial charge in [-0.05, 0) is 37.7 Å². The van der Waals surface area contributed by atoms with Gasteiger partial charge in [-0.25, -0.2) is 0 Å². The van der Waals surface area contributed by atoms with Crippen molar-refractivity contribution in [2.24, 2.45) is 0 Å². The maximum atomic E-state index is 12.2. The molecule has 1 fully saturated rings. The molecule has 98 valence electrons. The highest BCUT2D eigenvalue weighted by Crippen LogP contribution is 2.25. The van der Waals surface area contributed by atoms with E-state index in [0.717, 1.165) is 23.4 Å². The van der Waals surface area contributed by atoms with Crippen LogP contribution in [0, 0.1) is 6.92 Å². The molecule has 3 nitrogen and oxygen atoms in total. The predicted octanol–water partition coefficient (Wildman–Crippen LogP) is 2.66. The van der Waals surface area contributed by atoms with E-state index in [0.29, 0.717) is 5.25 Å². The summed E-state index contributed by atoms with van der Waals surface area (Å²) in [5.74, 6) is 1.25. The number of rotatable bonds is 4. The van der Waals surface area contributed by atoms with E-state index < -0.39 is 0 Å². The lowest BCUT2D eigenvalue weighted by Crippen LogP contribution is -2.30. The van der Waals surface area contributed by atoms with Crippen molar-refractivity contribution in [3.63, 3.8) is 0 Å². The first-order valence-electron chi connectivity index (χ1n) is 6.39. The molecule has 0 spiro atoms. The molecule has 1 heterocycles. The van der Waals surface area contributed by atoms with Crippen LogP contribution >= 0.6 is 11.8 Å². The van der Waals surface area contributed by atoms with Crippen molar-refractivity contribution in [2.45, 2.75) is 25.0 Å². The van der Waals surface area contributed by atoms with Gasteiger partial charge in [0.15, 0.2) is 0 Å². The Kier molecular flexibility index (Phi) is 4.53. The number of anilines is 1. The fourth-order valence-corrected chi connectivity index (χ4v) is 3.37. The number of benzene rings is 1. The van der Waals surface area contributed by atoms with E-state index in [1.54, 1.807) is 0 Å². The maximum Gasteiger partial charge on any atom is 0.253 e. The van der Waals surface area contributed by atoms with Crippen LogP contribution in [0.15, 0.2) is 18.2 Å². The maximum absolute atomic E-state index is 12.2. The molecule has 1 aliphatic heterocycles. The highest BCUT2D eigenvalue weighted by molar-refractivity contribution is 8.00. The minimum atomic E-state index is 0.0237. The summed E-state index contributed by atoms with van der Waals surface area (Å²) in [6.45, 7) is 2.78. The first kappa shape index (κ1) is 13.3. The van der Waals surface area contributed by atoms with Crippen LogP contribution in [0.5, 0.6) is 0 Å². The Morgan fingerprint density at radius 3 is 3.00 bits per heavy atom. The topological polar surface area (TPSA) is 41.1 Å². The molecule has 4 heteroatoms. The molecule has 0 bridgehead atoms. The van der Waals surface area contributed by atoms with Crippen LogP contribution in [0.1, 0.15) is 28.8 Å². The molecule has 1 aromatic carbocycles. The van der Waals surface area contributed by atoms with Gasteiger partial charge in [-0.15, -0.1) is 0 Å². The zero-order valence-electron chi connectivity index (χ0n) is 11.0. The van der Waals surface area contributed by atoms with Gasteiger partial charge in [0, 0.05) is 24.5 Å². The Balaban J connectivity index is 2.00. The van der Waals surface area contributed by atoms with Gasteiger partial charge in [0.25, 0.3) is 5.91 Å². The monoisotopic (exact) mass is 264 g/mol. The second-order valence-electron chi connectivity index (χ2n) is 4.64. The summed E-state index contributed by atoms with van der Waals surface area (Å²) in [4.78, 5) is 12.2. The van der Waals surface area contributed by atoms with Crippen molar-refractivity contribution in [3.8, 4) is 0 Å². The summed E-state index contributed by atoms with van der Waals surface area (Å²) in [6.07, 6.45) is 2.50. The molecule has 0 saturated carbocycles. The molecule has 0 radical (unpaired) electrons. The Labute approximate surface area is 113 Å². The molecular weight excluding hydrogens is 244 g/mol. The Morgan fingerprint density at radius 2 is 2.33 bits per heavy atom. The number of carbonyl (C=O) groups excluding carboxylic acids is 1. The Hall–Kier alpha value is -1.16. The molecule has 1 unspecified atom stereocenters. The molecule has 0 aromatic heterocycles. The second-order valence-corrected chi connectivity index (χ2v) is 6.05. The molecule has 1 atom stereocenters.